The molecule has 0 aliphatic heterocycles. The fourth-order valence-corrected chi connectivity index (χ4v) is 2.47. The highest BCUT2D eigenvalue weighted by Gasteiger charge is 2.01. The van der Waals surface area contributed by atoms with Crippen LogP contribution in [-0.4, -0.2) is 10.2 Å². The maximum Gasteiger partial charge on any atom is 0.126 e. The number of allylic oxidation sites excluding steroid dienone is 4. The van der Waals surface area contributed by atoms with Crippen LogP contribution in [0, 0.1) is 0 Å². The van der Waals surface area contributed by atoms with E-state index in [-0.39, 0.29) is 11.5 Å². The van der Waals surface area contributed by atoms with Gasteiger partial charge < -0.3 is 10.2 Å². The minimum absolute atomic E-state index is 0.0998. The maximum atomic E-state index is 9.64. The minimum Gasteiger partial charge on any atom is -0.507 e. The predicted molar refractivity (Wildman–Crippen MR) is 99.7 cm³/mol. The first-order valence-electron chi connectivity index (χ1n) is 8.70. The van der Waals surface area contributed by atoms with Gasteiger partial charge in [0.1, 0.15) is 11.5 Å². The van der Waals surface area contributed by atoms with Gasteiger partial charge in [-0.25, -0.2) is 0 Å². The highest BCUT2D eigenvalue weighted by atomic mass is 16.3. The molecule has 0 saturated heterocycles. The number of hydrogen-bond donors (Lipinski definition) is 2. The molecule has 1 aromatic rings. The van der Waals surface area contributed by atoms with Crippen LogP contribution in [0.4, 0.5) is 0 Å². The summed E-state index contributed by atoms with van der Waals surface area (Å²) in [6.45, 7) is 3.74. The molecule has 0 aliphatic rings. The van der Waals surface area contributed by atoms with Crippen LogP contribution in [0.15, 0.2) is 49.1 Å². The summed E-state index contributed by atoms with van der Waals surface area (Å²) >= 11 is 0. The van der Waals surface area contributed by atoms with E-state index in [1.54, 1.807) is 24.3 Å². The van der Waals surface area contributed by atoms with E-state index in [2.05, 4.69) is 12.7 Å². The Morgan fingerprint density at radius 2 is 1.35 bits per heavy atom. The van der Waals surface area contributed by atoms with Gasteiger partial charge in [-0.15, -0.1) is 6.58 Å². The molecule has 0 aromatic heterocycles. The zero-order valence-electron chi connectivity index (χ0n) is 14.1. The number of aromatic hydroxyl groups is 2. The van der Waals surface area contributed by atoms with Crippen molar-refractivity contribution in [1.82, 2.24) is 0 Å². The summed E-state index contributed by atoms with van der Waals surface area (Å²) in [6.07, 6.45) is 21.0. The van der Waals surface area contributed by atoms with E-state index in [1.165, 1.54) is 44.9 Å². The third-order valence-electron chi connectivity index (χ3n) is 3.85. The average molecular weight is 314 g/mol. The number of phenolic OH excluding ortho intramolecular Hbond substituents is 2. The quantitative estimate of drug-likeness (QED) is 0.267. The normalized spacial score (nSPS) is 11.5. The zero-order valence-corrected chi connectivity index (χ0v) is 14.1. The smallest absolute Gasteiger partial charge is 0.126 e. The summed E-state index contributed by atoms with van der Waals surface area (Å²) in [7, 11) is 0. The van der Waals surface area contributed by atoms with Gasteiger partial charge in [0, 0.05) is 0 Å². The average Bonchev–Trinajstić information content (AvgIpc) is 2.54. The van der Waals surface area contributed by atoms with Gasteiger partial charge in [0.05, 0.1) is 5.56 Å². The van der Waals surface area contributed by atoms with Crippen LogP contribution in [0.25, 0.3) is 6.08 Å². The van der Waals surface area contributed by atoms with E-state index in [4.69, 9.17) is 0 Å². The molecule has 0 amide bonds. The van der Waals surface area contributed by atoms with Crippen LogP contribution in [-0.2, 0) is 0 Å². The van der Waals surface area contributed by atoms with E-state index in [0.29, 0.717) is 5.56 Å². The number of rotatable bonds is 12. The summed E-state index contributed by atoms with van der Waals surface area (Å²) in [5.74, 6) is 0.200. The van der Waals surface area contributed by atoms with E-state index in [1.807, 2.05) is 18.2 Å². The Hall–Kier alpha value is -1.96. The van der Waals surface area contributed by atoms with Crippen molar-refractivity contribution in [2.45, 2.75) is 57.8 Å². The van der Waals surface area contributed by atoms with Crippen LogP contribution in [0.2, 0.25) is 0 Å². The van der Waals surface area contributed by atoms with Gasteiger partial charge in [0.15, 0.2) is 0 Å². The van der Waals surface area contributed by atoms with E-state index in [9.17, 15) is 10.2 Å². The molecule has 0 bridgehead atoms. The van der Waals surface area contributed by atoms with Crippen molar-refractivity contribution < 1.29 is 10.2 Å². The van der Waals surface area contributed by atoms with Gasteiger partial charge in [0.25, 0.3) is 0 Å². The molecular weight excluding hydrogens is 284 g/mol. The van der Waals surface area contributed by atoms with Crippen molar-refractivity contribution in [1.29, 1.82) is 0 Å². The molecule has 0 fully saturated rings. The van der Waals surface area contributed by atoms with Crippen molar-refractivity contribution in [3.8, 4) is 11.5 Å². The third kappa shape index (κ3) is 8.92. The molecule has 0 spiro atoms. The number of unbranched alkanes of at least 4 members (excludes halogenated alkanes) is 8. The first-order chi connectivity index (χ1) is 11.3. The lowest BCUT2D eigenvalue weighted by Crippen LogP contribution is -1.80. The summed E-state index contributed by atoms with van der Waals surface area (Å²) in [5, 5.41) is 19.3. The Balaban J connectivity index is 2.06. The maximum absolute atomic E-state index is 9.64. The molecule has 0 unspecified atom stereocenters. The van der Waals surface area contributed by atoms with E-state index >= 15 is 0 Å². The predicted octanol–water partition coefficient (Wildman–Crippen LogP) is 6.36. The van der Waals surface area contributed by atoms with Gasteiger partial charge >= 0.3 is 0 Å². The molecule has 2 nitrogen and oxygen atoms in total. The highest BCUT2D eigenvalue weighted by Crippen LogP contribution is 2.27. The molecule has 0 aliphatic carbocycles. The van der Waals surface area contributed by atoms with Gasteiger partial charge in [-0.3, -0.25) is 0 Å². The second kappa shape index (κ2) is 12.6. The fourth-order valence-electron chi connectivity index (χ4n) is 2.47. The Bertz CT molecular complexity index is 480. The Labute approximate surface area is 140 Å². The Kier molecular flexibility index (Phi) is 10.4. The second-order valence-corrected chi connectivity index (χ2v) is 5.84. The highest BCUT2D eigenvalue weighted by molar-refractivity contribution is 5.64. The zero-order chi connectivity index (χ0) is 16.8. The van der Waals surface area contributed by atoms with E-state index in [0.717, 1.165) is 12.8 Å². The van der Waals surface area contributed by atoms with Crippen molar-refractivity contribution >= 4 is 6.08 Å². The molecule has 126 valence electrons. The molecule has 23 heavy (non-hydrogen) atoms. The lowest BCUT2D eigenvalue weighted by atomic mass is 10.1. The molecule has 0 atom stereocenters. The lowest BCUT2D eigenvalue weighted by Gasteiger charge is -2.00. The van der Waals surface area contributed by atoms with Crippen molar-refractivity contribution in [2.24, 2.45) is 0 Å². The first-order valence-corrected chi connectivity index (χ1v) is 8.70. The number of hydrogen-bond acceptors (Lipinski definition) is 2. The van der Waals surface area contributed by atoms with Gasteiger partial charge in [-0.05, 0) is 43.9 Å². The van der Waals surface area contributed by atoms with Crippen molar-refractivity contribution in [3.05, 3.63) is 54.6 Å². The fraction of sp³-hybridized carbons (Fsp3) is 0.429. The largest absolute Gasteiger partial charge is 0.507 e. The van der Waals surface area contributed by atoms with Crippen LogP contribution in [0.3, 0.4) is 0 Å². The Morgan fingerprint density at radius 1 is 0.783 bits per heavy atom. The molecule has 0 heterocycles. The molecule has 0 saturated carbocycles. The van der Waals surface area contributed by atoms with Gasteiger partial charge in [-0.2, -0.15) is 0 Å². The van der Waals surface area contributed by atoms with Crippen molar-refractivity contribution in [2.75, 3.05) is 0 Å². The molecule has 1 aromatic carbocycles. The number of phenols is 2. The topological polar surface area (TPSA) is 40.5 Å². The number of benzene rings is 1. The van der Waals surface area contributed by atoms with Crippen LogP contribution in [0.5, 0.6) is 11.5 Å². The van der Waals surface area contributed by atoms with Crippen LogP contribution in [0.1, 0.15) is 63.4 Å². The van der Waals surface area contributed by atoms with Crippen LogP contribution < -0.4 is 0 Å². The summed E-state index contributed by atoms with van der Waals surface area (Å²) in [5.41, 5.74) is 0.466. The van der Waals surface area contributed by atoms with Gasteiger partial charge in [-0.1, -0.05) is 62.5 Å². The monoisotopic (exact) mass is 314 g/mol. The molecule has 2 N–H and O–H groups in total. The second-order valence-electron chi connectivity index (χ2n) is 5.84. The first kappa shape index (κ1) is 19.1. The van der Waals surface area contributed by atoms with E-state index < -0.39 is 0 Å². The lowest BCUT2D eigenvalue weighted by molar-refractivity contribution is 0.448. The molecular formula is C21H30O2. The third-order valence-corrected chi connectivity index (χ3v) is 3.85. The summed E-state index contributed by atoms with van der Waals surface area (Å²) < 4.78 is 0. The standard InChI is InChI=1S/C21H30O2/c1-2-3-4-5-6-7-8-9-10-11-12-13-14-16-19-20(22)17-15-18-21(19)23/h2,12-18,22-23H,1,3-11H2. The molecule has 2 heteroatoms. The summed E-state index contributed by atoms with van der Waals surface area (Å²) in [6, 6.07) is 4.76. The van der Waals surface area contributed by atoms with Gasteiger partial charge in [0.2, 0.25) is 0 Å². The Morgan fingerprint density at radius 3 is 1.96 bits per heavy atom. The SMILES string of the molecule is C=CCCCCCCCCCC=CC=Cc1c(O)cccc1O. The van der Waals surface area contributed by atoms with Crippen molar-refractivity contribution in [3.63, 3.8) is 0 Å². The minimum atomic E-state index is 0.0998. The summed E-state index contributed by atoms with van der Waals surface area (Å²) in [4.78, 5) is 0. The molecule has 1 rings (SSSR count). The van der Waals surface area contributed by atoms with Crippen LogP contribution >= 0.6 is 0 Å². The molecule has 0 radical (unpaired) electrons.